The minimum atomic E-state index is -0.0620. The third-order valence-corrected chi connectivity index (χ3v) is 5.44. The first-order chi connectivity index (χ1) is 13.2. The quantitative estimate of drug-likeness (QED) is 0.430. The van der Waals surface area contributed by atoms with Gasteiger partial charge in [0.05, 0.1) is 11.0 Å². The van der Waals surface area contributed by atoms with Crippen molar-refractivity contribution in [2.24, 2.45) is 5.73 Å². The fraction of sp³-hybridized carbons (Fsp3) is 0.458. The fourth-order valence-corrected chi connectivity index (χ4v) is 3.97. The van der Waals surface area contributed by atoms with Gasteiger partial charge in [-0.2, -0.15) is 0 Å². The Balaban J connectivity index is 1.61. The van der Waals surface area contributed by atoms with Gasteiger partial charge in [-0.3, -0.25) is 9.36 Å². The first-order valence-corrected chi connectivity index (χ1v) is 10.5. The lowest BCUT2D eigenvalue weighted by atomic mass is 10.0. The number of nitrogens with zero attached hydrogens (tertiary/aromatic N) is 1. The van der Waals surface area contributed by atoms with Crippen LogP contribution in [0, 0.1) is 0 Å². The van der Waals surface area contributed by atoms with E-state index in [0.29, 0.717) is 6.42 Å². The van der Waals surface area contributed by atoms with Gasteiger partial charge in [0.1, 0.15) is 0 Å². The predicted octanol–water partition coefficient (Wildman–Crippen LogP) is 6.29. The smallest absolute Gasteiger partial charge is 0.233 e. The van der Waals surface area contributed by atoms with Crippen LogP contribution in [-0.4, -0.2) is 16.5 Å². The van der Waals surface area contributed by atoms with Crippen LogP contribution in [0.15, 0.2) is 48.5 Å². The molecule has 27 heavy (non-hydrogen) atoms. The summed E-state index contributed by atoms with van der Waals surface area (Å²) < 4.78 is 1.86. The Bertz CT molecular complexity index is 827. The van der Waals surface area contributed by atoms with Crippen molar-refractivity contribution in [1.82, 2.24) is 4.57 Å². The van der Waals surface area contributed by atoms with E-state index in [0.717, 1.165) is 34.6 Å². The van der Waals surface area contributed by atoms with E-state index in [1.165, 1.54) is 38.5 Å². The second-order valence-electron chi connectivity index (χ2n) is 7.64. The maximum Gasteiger partial charge on any atom is 0.233 e. The molecule has 0 saturated heterocycles. The van der Waals surface area contributed by atoms with E-state index >= 15 is 0 Å². The van der Waals surface area contributed by atoms with E-state index < -0.39 is 0 Å². The lowest BCUT2D eigenvalue weighted by molar-refractivity contribution is 0.0902. The monoisotopic (exact) mass is 364 g/mol. The molecule has 0 aliphatic rings. The average molecular weight is 365 g/mol. The molecule has 0 spiro atoms. The number of rotatable bonds is 10. The number of benzene rings is 2. The van der Waals surface area contributed by atoms with Crippen LogP contribution in [0.2, 0.25) is 0 Å². The zero-order chi connectivity index (χ0) is 19.1. The number of para-hydroxylation sites is 2. The third-order valence-electron chi connectivity index (χ3n) is 5.44. The molecular formula is C24H32N2O. The molecule has 3 rings (SSSR count). The molecule has 0 saturated carbocycles. The van der Waals surface area contributed by atoms with Gasteiger partial charge in [0.25, 0.3) is 0 Å². The molecule has 3 aromatic rings. The minimum Gasteiger partial charge on any atom is -0.327 e. The van der Waals surface area contributed by atoms with Gasteiger partial charge in [0.2, 0.25) is 5.91 Å². The molecule has 1 heterocycles. The highest BCUT2D eigenvalue weighted by atomic mass is 16.2. The average Bonchev–Trinajstić information content (AvgIpc) is 3.02. The van der Waals surface area contributed by atoms with E-state index in [1.807, 2.05) is 41.0 Å². The van der Waals surface area contributed by atoms with E-state index in [4.69, 9.17) is 5.73 Å². The molecule has 1 unspecified atom stereocenters. The Morgan fingerprint density at radius 1 is 0.852 bits per heavy atom. The lowest BCUT2D eigenvalue weighted by Gasteiger charge is -2.12. The Kier molecular flexibility index (Phi) is 7.05. The van der Waals surface area contributed by atoms with Crippen molar-refractivity contribution in [2.75, 3.05) is 0 Å². The van der Waals surface area contributed by atoms with E-state index in [9.17, 15) is 4.79 Å². The van der Waals surface area contributed by atoms with Crippen molar-refractivity contribution in [3.8, 4) is 0 Å². The number of aromatic nitrogens is 1. The summed E-state index contributed by atoms with van der Waals surface area (Å²) >= 11 is 0. The van der Waals surface area contributed by atoms with E-state index in [-0.39, 0.29) is 11.9 Å². The minimum absolute atomic E-state index is 0.0620. The molecule has 1 atom stereocenters. The molecule has 0 bridgehead atoms. The SMILES string of the molecule is CCCCCCCCCC(N)CC(=O)n1c2ccccc2c2ccccc21. The van der Waals surface area contributed by atoms with Crippen molar-refractivity contribution in [1.29, 1.82) is 0 Å². The molecule has 0 amide bonds. The Labute approximate surface area is 162 Å². The van der Waals surface area contributed by atoms with Crippen molar-refractivity contribution in [2.45, 2.75) is 70.8 Å². The van der Waals surface area contributed by atoms with Crippen LogP contribution in [-0.2, 0) is 0 Å². The Morgan fingerprint density at radius 2 is 1.37 bits per heavy atom. The maximum absolute atomic E-state index is 13.0. The summed E-state index contributed by atoms with van der Waals surface area (Å²) in [6, 6.07) is 16.2. The number of carbonyl (C=O) groups is 1. The number of unbranched alkanes of at least 4 members (excludes halogenated alkanes) is 6. The highest BCUT2D eigenvalue weighted by Crippen LogP contribution is 2.29. The van der Waals surface area contributed by atoms with Gasteiger partial charge in [-0.05, 0) is 18.6 Å². The van der Waals surface area contributed by atoms with Crippen molar-refractivity contribution < 1.29 is 4.79 Å². The molecule has 0 radical (unpaired) electrons. The van der Waals surface area contributed by atoms with Crippen molar-refractivity contribution in [3.05, 3.63) is 48.5 Å². The largest absolute Gasteiger partial charge is 0.327 e. The zero-order valence-corrected chi connectivity index (χ0v) is 16.5. The number of fused-ring (bicyclic) bond motifs is 3. The number of hydrogen-bond donors (Lipinski definition) is 1. The van der Waals surface area contributed by atoms with Gasteiger partial charge >= 0.3 is 0 Å². The third kappa shape index (κ3) is 4.78. The first-order valence-electron chi connectivity index (χ1n) is 10.5. The molecule has 2 N–H and O–H groups in total. The molecule has 3 heteroatoms. The van der Waals surface area contributed by atoms with Crippen LogP contribution >= 0.6 is 0 Å². The standard InChI is InChI=1S/C24H32N2O/c1-2-3-4-5-6-7-8-13-19(25)18-24(27)26-22-16-11-9-14-20(22)21-15-10-12-17-23(21)26/h9-12,14-17,19H,2-8,13,18,25H2,1H3. The van der Waals surface area contributed by atoms with Gasteiger partial charge in [0.15, 0.2) is 0 Å². The molecule has 2 aromatic carbocycles. The fourth-order valence-electron chi connectivity index (χ4n) is 3.97. The topological polar surface area (TPSA) is 48.0 Å². The maximum atomic E-state index is 13.0. The molecule has 0 aliphatic heterocycles. The molecule has 3 nitrogen and oxygen atoms in total. The molecular weight excluding hydrogens is 332 g/mol. The van der Waals surface area contributed by atoms with Gasteiger partial charge in [-0.1, -0.05) is 88.3 Å². The van der Waals surface area contributed by atoms with Crippen LogP contribution in [0.3, 0.4) is 0 Å². The highest BCUT2D eigenvalue weighted by molar-refractivity contribution is 6.13. The zero-order valence-electron chi connectivity index (χ0n) is 16.5. The summed E-state index contributed by atoms with van der Waals surface area (Å²) in [6.07, 6.45) is 10.2. The second kappa shape index (κ2) is 9.70. The molecule has 1 aromatic heterocycles. The van der Waals surface area contributed by atoms with E-state index in [1.54, 1.807) is 0 Å². The lowest BCUT2D eigenvalue weighted by Crippen LogP contribution is -2.26. The second-order valence-corrected chi connectivity index (χ2v) is 7.64. The van der Waals surface area contributed by atoms with Crippen LogP contribution in [0.4, 0.5) is 0 Å². The number of carbonyl (C=O) groups excluding carboxylic acids is 1. The Morgan fingerprint density at radius 3 is 1.96 bits per heavy atom. The van der Waals surface area contributed by atoms with Crippen LogP contribution in [0.5, 0.6) is 0 Å². The molecule has 0 aliphatic carbocycles. The number of nitrogens with two attached hydrogens (primary N) is 1. The first kappa shape index (κ1) is 19.6. The van der Waals surface area contributed by atoms with Crippen molar-refractivity contribution >= 4 is 27.7 Å². The highest BCUT2D eigenvalue weighted by Gasteiger charge is 2.17. The normalized spacial score (nSPS) is 12.7. The summed E-state index contributed by atoms with van der Waals surface area (Å²) in [5, 5.41) is 2.25. The van der Waals surface area contributed by atoms with Gasteiger partial charge in [-0.15, -0.1) is 0 Å². The Hall–Kier alpha value is -2.13. The van der Waals surface area contributed by atoms with E-state index in [2.05, 4.69) is 19.1 Å². The van der Waals surface area contributed by atoms with Gasteiger partial charge < -0.3 is 5.73 Å². The van der Waals surface area contributed by atoms with Gasteiger partial charge in [-0.25, -0.2) is 0 Å². The summed E-state index contributed by atoms with van der Waals surface area (Å²) in [5.74, 6) is 0.0999. The van der Waals surface area contributed by atoms with Gasteiger partial charge in [0, 0.05) is 23.2 Å². The van der Waals surface area contributed by atoms with Crippen LogP contribution < -0.4 is 5.73 Å². The molecule has 0 fully saturated rings. The molecule has 144 valence electrons. The predicted molar refractivity (Wildman–Crippen MR) is 115 cm³/mol. The van der Waals surface area contributed by atoms with Crippen molar-refractivity contribution in [3.63, 3.8) is 0 Å². The van der Waals surface area contributed by atoms with Crippen LogP contribution in [0.1, 0.15) is 69.5 Å². The summed E-state index contributed by atoms with van der Waals surface area (Å²) in [4.78, 5) is 13.0. The number of hydrogen-bond acceptors (Lipinski definition) is 2. The summed E-state index contributed by atoms with van der Waals surface area (Å²) in [5.41, 5.74) is 8.25. The van der Waals surface area contributed by atoms with Crippen LogP contribution in [0.25, 0.3) is 21.8 Å². The summed E-state index contributed by atoms with van der Waals surface area (Å²) in [6.45, 7) is 2.24. The summed E-state index contributed by atoms with van der Waals surface area (Å²) in [7, 11) is 0.